The fourth-order valence-corrected chi connectivity index (χ4v) is 3.57. The maximum atomic E-state index is 12.3. The third kappa shape index (κ3) is 4.83. The van der Waals surface area contributed by atoms with Gasteiger partial charge in [-0.2, -0.15) is 5.26 Å². The first-order valence-corrected chi connectivity index (χ1v) is 10.00. The van der Waals surface area contributed by atoms with Gasteiger partial charge in [0, 0.05) is 38.3 Å². The van der Waals surface area contributed by atoms with E-state index in [-0.39, 0.29) is 5.91 Å². The standard InChI is InChI=1S/C24H23N5O/c25-16-19-5-4-6-20(15-19)18-28-11-13-29(14-12-28)23-10-9-22(17-26-23)27-24(30)21-7-2-1-3-8-21/h1-10,15,17H,11-14,18H2,(H,27,30). The number of nitriles is 1. The number of carbonyl (C=O) groups excluding carboxylic acids is 1. The van der Waals surface area contributed by atoms with E-state index in [9.17, 15) is 4.79 Å². The molecule has 1 aliphatic rings. The minimum atomic E-state index is -0.140. The van der Waals surface area contributed by atoms with Gasteiger partial charge in [-0.25, -0.2) is 4.98 Å². The molecule has 1 amide bonds. The third-order valence-electron chi connectivity index (χ3n) is 5.20. The van der Waals surface area contributed by atoms with Crippen molar-refractivity contribution in [3.05, 3.63) is 89.6 Å². The Bertz CT molecular complexity index is 1040. The summed E-state index contributed by atoms with van der Waals surface area (Å²) in [5.74, 6) is 0.776. The molecule has 1 aliphatic heterocycles. The van der Waals surface area contributed by atoms with Crippen LogP contribution in [-0.2, 0) is 6.54 Å². The van der Waals surface area contributed by atoms with E-state index < -0.39 is 0 Å². The van der Waals surface area contributed by atoms with Crippen LogP contribution < -0.4 is 10.2 Å². The zero-order valence-corrected chi connectivity index (χ0v) is 16.7. The van der Waals surface area contributed by atoms with Crippen LogP contribution in [0.25, 0.3) is 0 Å². The molecular weight excluding hydrogens is 374 g/mol. The maximum absolute atomic E-state index is 12.3. The molecule has 6 heteroatoms. The number of piperazine rings is 1. The number of hydrogen-bond acceptors (Lipinski definition) is 5. The van der Waals surface area contributed by atoms with Gasteiger partial charge in [0.15, 0.2) is 0 Å². The van der Waals surface area contributed by atoms with Gasteiger partial charge in [-0.3, -0.25) is 9.69 Å². The monoisotopic (exact) mass is 397 g/mol. The van der Waals surface area contributed by atoms with Gasteiger partial charge in [0.05, 0.1) is 23.5 Å². The Morgan fingerprint density at radius 2 is 1.80 bits per heavy atom. The van der Waals surface area contributed by atoms with E-state index in [2.05, 4.69) is 32.2 Å². The SMILES string of the molecule is N#Cc1cccc(CN2CCN(c3ccc(NC(=O)c4ccccc4)cn3)CC2)c1. The summed E-state index contributed by atoms with van der Waals surface area (Å²) in [4.78, 5) is 21.4. The number of carbonyl (C=O) groups is 1. The second-order valence-electron chi connectivity index (χ2n) is 7.30. The molecule has 0 atom stereocenters. The first-order valence-electron chi connectivity index (χ1n) is 10.00. The van der Waals surface area contributed by atoms with Gasteiger partial charge in [0.2, 0.25) is 0 Å². The fraction of sp³-hybridized carbons (Fsp3) is 0.208. The quantitative estimate of drug-likeness (QED) is 0.713. The number of nitrogens with one attached hydrogen (secondary N) is 1. The van der Waals surface area contributed by atoms with Crippen LogP contribution in [0.4, 0.5) is 11.5 Å². The predicted octanol–water partition coefficient (Wildman–Crippen LogP) is 3.53. The smallest absolute Gasteiger partial charge is 0.255 e. The molecule has 4 rings (SSSR count). The Morgan fingerprint density at radius 1 is 1.00 bits per heavy atom. The number of benzene rings is 2. The van der Waals surface area contributed by atoms with Crippen molar-refractivity contribution in [3.8, 4) is 6.07 Å². The molecule has 2 heterocycles. The summed E-state index contributed by atoms with van der Waals surface area (Å²) in [6.45, 7) is 4.50. The van der Waals surface area contributed by atoms with E-state index in [0.29, 0.717) is 16.8 Å². The van der Waals surface area contributed by atoms with Crippen LogP contribution in [0, 0.1) is 11.3 Å². The molecule has 3 aromatic rings. The molecule has 150 valence electrons. The molecule has 0 bridgehead atoms. The Hall–Kier alpha value is -3.69. The Balaban J connectivity index is 1.30. The van der Waals surface area contributed by atoms with Crippen molar-refractivity contribution in [1.82, 2.24) is 9.88 Å². The van der Waals surface area contributed by atoms with Crippen LogP contribution in [0.2, 0.25) is 0 Å². The number of rotatable bonds is 5. The van der Waals surface area contributed by atoms with Crippen LogP contribution in [0.15, 0.2) is 72.9 Å². The molecule has 1 aromatic heterocycles. The van der Waals surface area contributed by atoms with Crippen molar-refractivity contribution in [1.29, 1.82) is 5.26 Å². The topological polar surface area (TPSA) is 72.3 Å². The van der Waals surface area contributed by atoms with Crippen molar-refractivity contribution >= 4 is 17.4 Å². The number of aromatic nitrogens is 1. The van der Waals surface area contributed by atoms with Crippen LogP contribution in [-0.4, -0.2) is 42.0 Å². The lowest BCUT2D eigenvalue weighted by Gasteiger charge is -2.35. The zero-order valence-electron chi connectivity index (χ0n) is 16.7. The van der Waals surface area contributed by atoms with E-state index in [1.807, 2.05) is 48.5 Å². The average molecular weight is 397 g/mol. The molecule has 1 N–H and O–H groups in total. The molecule has 0 aliphatic carbocycles. The predicted molar refractivity (Wildman–Crippen MR) is 117 cm³/mol. The van der Waals surface area contributed by atoms with Gasteiger partial charge in [0.1, 0.15) is 5.82 Å². The summed E-state index contributed by atoms with van der Waals surface area (Å²) < 4.78 is 0. The molecule has 1 fully saturated rings. The van der Waals surface area contributed by atoms with Gasteiger partial charge < -0.3 is 10.2 Å². The molecule has 30 heavy (non-hydrogen) atoms. The lowest BCUT2D eigenvalue weighted by atomic mass is 10.1. The Labute approximate surface area is 176 Å². The number of nitrogens with zero attached hydrogens (tertiary/aromatic N) is 4. The number of amides is 1. The van der Waals surface area contributed by atoms with Crippen molar-refractivity contribution in [2.75, 3.05) is 36.4 Å². The lowest BCUT2D eigenvalue weighted by Crippen LogP contribution is -2.46. The second kappa shape index (κ2) is 9.21. The van der Waals surface area contributed by atoms with Gasteiger partial charge in [-0.1, -0.05) is 30.3 Å². The van der Waals surface area contributed by atoms with Crippen LogP contribution >= 0.6 is 0 Å². The number of anilines is 2. The highest BCUT2D eigenvalue weighted by atomic mass is 16.1. The van der Waals surface area contributed by atoms with E-state index in [1.54, 1.807) is 18.3 Å². The number of pyridine rings is 1. The molecule has 0 spiro atoms. The van der Waals surface area contributed by atoms with E-state index >= 15 is 0 Å². The van der Waals surface area contributed by atoms with E-state index in [0.717, 1.165) is 38.5 Å². The fourth-order valence-electron chi connectivity index (χ4n) is 3.57. The van der Waals surface area contributed by atoms with E-state index in [1.165, 1.54) is 5.56 Å². The van der Waals surface area contributed by atoms with Crippen molar-refractivity contribution in [3.63, 3.8) is 0 Å². The minimum Gasteiger partial charge on any atom is -0.354 e. The average Bonchev–Trinajstić information content (AvgIpc) is 2.81. The highest BCUT2D eigenvalue weighted by molar-refractivity contribution is 6.04. The van der Waals surface area contributed by atoms with Gasteiger partial charge in [-0.15, -0.1) is 0 Å². The normalized spacial score (nSPS) is 14.2. The molecule has 1 saturated heterocycles. The van der Waals surface area contributed by atoms with Crippen molar-refractivity contribution < 1.29 is 4.79 Å². The summed E-state index contributed by atoms with van der Waals surface area (Å²) >= 11 is 0. The molecule has 0 unspecified atom stereocenters. The first-order chi connectivity index (χ1) is 14.7. The van der Waals surface area contributed by atoms with Crippen LogP contribution in [0.1, 0.15) is 21.5 Å². The Kier molecular flexibility index (Phi) is 6.02. The lowest BCUT2D eigenvalue weighted by molar-refractivity contribution is 0.102. The molecule has 6 nitrogen and oxygen atoms in total. The largest absolute Gasteiger partial charge is 0.354 e. The minimum absolute atomic E-state index is 0.140. The van der Waals surface area contributed by atoms with Crippen molar-refractivity contribution in [2.24, 2.45) is 0 Å². The Morgan fingerprint density at radius 3 is 2.50 bits per heavy atom. The molecule has 2 aromatic carbocycles. The van der Waals surface area contributed by atoms with Gasteiger partial charge >= 0.3 is 0 Å². The third-order valence-corrected chi connectivity index (χ3v) is 5.20. The number of hydrogen-bond donors (Lipinski definition) is 1. The van der Waals surface area contributed by atoms with Gasteiger partial charge in [-0.05, 0) is 42.0 Å². The van der Waals surface area contributed by atoms with Crippen LogP contribution in [0.3, 0.4) is 0 Å². The summed E-state index contributed by atoms with van der Waals surface area (Å²) in [6, 6.07) is 23.0. The van der Waals surface area contributed by atoms with E-state index in [4.69, 9.17) is 5.26 Å². The van der Waals surface area contributed by atoms with Crippen LogP contribution in [0.5, 0.6) is 0 Å². The molecule has 0 saturated carbocycles. The summed E-state index contributed by atoms with van der Waals surface area (Å²) in [6.07, 6.45) is 1.70. The highest BCUT2D eigenvalue weighted by Crippen LogP contribution is 2.18. The molecule has 0 radical (unpaired) electrons. The second-order valence-corrected chi connectivity index (χ2v) is 7.30. The maximum Gasteiger partial charge on any atom is 0.255 e. The first kappa shape index (κ1) is 19.6. The summed E-state index contributed by atoms with van der Waals surface area (Å²) in [5, 5.41) is 11.9. The van der Waals surface area contributed by atoms with Gasteiger partial charge in [0.25, 0.3) is 5.91 Å². The zero-order chi connectivity index (χ0) is 20.8. The summed E-state index contributed by atoms with van der Waals surface area (Å²) in [7, 11) is 0. The molecular formula is C24H23N5O. The highest BCUT2D eigenvalue weighted by Gasteiger charge is 2.18. The summed E-state index contributed by atoms with van der Waals surface area (Å²) in [5.41, 5.74) is 3.18. The van der Waals surface area contributed by atoms with Crippen molar-refractivity contribution in [2.45, 2.75) is 6.54 Å².